The summed E-state index contributed by atoms with van der Waals surface area (Å²) in [5.74, 6) is -2.36. The maximum atomic E-state index is 10.5. The number of rotatable bonds is 6. The van der Waals surface area contributed by atoms with Gasteiger partial charge in [-0.3, -0.25) is 4.79 Å². The first-order valence-electron chi connectivity index (χ1n) is 5.90. The predicted octanol–water partition coefficient (Wildman–Crippen LogP) is -2.04. The summed E-state index contributed by atoms with van der Waals surface area (Å²) in [5.41, 5.74) is 0. The van der Waals surface area contributed by atoms with Gasteiger partial charge in [-0.05, 0) is 0 Å². The third-order valence-electron chi connectivity index (χ3n) is 3.36. The van der Waals surface area contributed by atoms with Crippen LogP contribution in [0.3, 0.4) is 0 Å². The Kier molecular flexibility index (Phi) is 5.65. The summed E-state index contributed by atoms with van der Waals surface area (Å²) in [6.07, 6.45) is -5.06. The number of aliphatic hydroxyl groups excluding tert-OH is 4. The Morgan fingerprint density at radius 2 is 2.16 bits per heavy atom. The fourth-order valence-corrected chi connectivity index (χ4v) is 2.06. The lowest BCUT2D eigenvalue weighted by molar-refractivity contribution is -0.407. The number of hydrogen-bond acceptors (Lipinski definition) is 8. The average molecular weight is 280 g/mol. The molecule has 1 aliphatic rings. The summed E-state index contributed by atoms with van der Waals surface area (Å²) in [5, 5.41) is 38.1. The van der Waals surface area contributed by atoms with Gasteiger partial charge < -0.3 is 34.6 Å². The van der Waals surface area contributed by atoms with Gasteiger partial charge in [-0.2, -0.15) is 0 Å². The fourth-order valence-electron chi connectivity index (χ4n) is 2.06. The predicted molar refractivity (Wildman–Crippen MR) is 60.6 cm³/mol. The fraction of sp³-hybridized carbons (Fsp3) is 0.909. The van der Waals surface area contributed by atoms with Crippen molar-refractivity contribution < 1.29 is 39.4 Å². The quantitative estimate of drug-likeness (QED) is 0.324. The molecule has 1 saturated heterocycles. The van der Waals surface area contributed by atoms with Crippen LogP contribution < -0.4 is 0 Å². The summed E-state index contributed by atoms with van der Waals surface area (Å²) >= 11 is 0. The van der Waals surface area contributed by atoms with E-state index >= 15 is 0 Å². The second-order valence-electron chi connectivity index (χ2n) is 4.55. The molecular weight excluding hydrogens is 260 g/mol. The third-order valence-corrected chi connectivity index (χ3v) is 3.36. The van der Waals surface area contributed by atoms with E-state index < -0.39 is 42.9 Å². The van der Waals surface area contributed by atoms with Crippen molar-refractivity contribution in [3.8, 4) is 0 Å². The lowest BCUT2D eigenvalue weighted by atomic mass is 9.87. The minimum atomic E-state index is -1.81. The van der Waals surface area contributed by atoms with E-state index in [1.54, 1.807) is 6.92 Å². The largest absolute Gasteiger partial charge is 0.410 e. The van der Waals surface area contributed by atoms with Crippen LogP contribution in [0.15, 0.2) is 0 Å². The van der Waals surface area contributed by atoms with Gasteiger partial charge in [-0.1, -0.05) is 6.92 Å². The molecule has 0 radical (unpaired) electrons. The van der Waals surface area contributed by atoms with Gasteiger partial charge in [0.25, 0.3) is 6.47 Å². The van der Waals surface area contributed by atoms with Crippen molar-refractivity contribution in [1.29, 1.82) is 0 Å². The van der Waals surface area contributed by atoms with Crippen molar-refractivity contribution in [3.63, 3.8) is 0 Å². The first kappa shape index (κ1) is 16.3. The topological polar surface area (TPSA) is 126 Å². The average Bonchev–Trinajstić information content (AvgIpc) is 2.41. The second kappa shape index (κ2) is 6.60. The Labute approximate surface area is 110 Å². The van der Waals surface area contributed by atoms with Crippen LogP contribution in [0.25, 0.3) is 0 Å². The molecule has 1 fully saturated rings. The van der Waals surface area contributed by atoms with E-state index in [0.717, 1.165) is 0 Å². The van der Waals surface area contributed by atoms with Gasteiger partial charge in [-0.25, -0.2) is 0 Å². The smallest absolute Gasteiger partial charge is 0.331 e. The molecule has 112 valence electrons. The molecule has 1 unspecified atom stereocenters. The van der Waals surface area contributed by atoms with Crippen molar-refractivity contribution >= 4 is 6.47 Å². The molecule has 4 N–H and O–H groups in total. The highest BCUT2D eigenvalue weighted by Gasteiger charge is 2.50. The number of hydrogen-bond donors (Lipinski definition) is 4. The first-order valence-corrected chi connectivity index (χ1v) is 5.90. The van der Waals surface area contributed by atoms with Gasteiger partial charge in [0.2, 0.25) is 0 Å². The summed E-state index contributed by atoms with van der Waals surface area (Å²) < 4.78 is 15.0. The monoisotopic (exact) mass is 280 g/mol. The number of methoxy groups -OCH3 is 1. The molecule has 1 aliphatic heterocycles. The van der Waals surface area contributed by atoms with Crippen molar-refractivity contribution in [2.75, 3.05) is 13.7 Å². The standard InChI is InChI=1S/C11H20O8/c1-6-7(14)3-11(17-2,18-5-13)19-10(6)9(16)8(15)4-12/h5-10,12,14-16H,3-4H2,1-2H3/t6-,7-,8-,9-,10?,11+/m1/s1. The number of ether oxygens (including phenoxy) is 3. The molecule has 8 heteroatoms. The molecule has 0 aromatic rings. The Balaban J connectivity index is 2.92. The van der Waals surface area contributed by atoms with Crippen molar-refractivity contribution in [1.82, 2.24) is 0 Å². The maximum absolute atomic E-state index is 10.5. The highest BCUT2D eigenvalue weighted by molar-refractivity contribution is 5.37. The first-order chi connectivity index (χ1) is 8.90. The van der Waals surface area contributed by atoms with Crippen LogP contribution in [0.1, 0.15) is 13.3 Å². The molecule has 19 heavy (non-hydrogen) atoms. The third kappa shape index (κ3) is 3.41. The minimum absolute atomic E-state index is 0.109. The summed E-state index contributed by atoms with van der Waals surface area (Å²) in [6, 6.07) is 0. The Morgan fingerprint density at radius 1 is 1.53 bits per heavy atom. The van der Waals surface area contributed by atoms with E-state index in [9.17, 15) is 20.1 Å². The zero-order chi connectivity index (χ0) is 14.6. The van der Waals surface area contributed by atoms with Gasteiger partial charge >= 0.3 is 5.97 Å². The Bertz CT molecular complexity index is 298. The lowest BCUT2D eigenvalue weighted by Crippen LogP contribution is -2.59. The molecule has 0 aliphatic carbocycles. The molecule has 1 rings (SSSR count). The summed E-state index contributed by atoms with van der Waals surface area (Å²) in [6.45, 7) is 1.04. The minimum Gasteiger partial charge on any atom is -0.410 e. The number of aliphatic hydroxyl groups is 4. The summed E-state index contributed by atoms with van der Waals surface area (Å²) in [7, 11) is 1.22. The number of carbonyl (C=O) groups excluding carboxylic acids is 1. The molecule has 0 amide bonds. The second-order valence-corrected chi connectivity index (χ2v) is 4.55. The molecule has 0 aromatic heterocycles. The molecule has 6 atom stereocenters. The van der Waals surface area contributed by atoms with Crippen LogP contribution in [0, 0.1) is 5.92 Å². The maximum Gasteiger partial charge on any atom is 0.331 e. The van der Waals surface area contributed by atoms with Crippen molar-refractivity contribution in [3.05, 3.63) is 0 Å². The highest BCUT2D eigenvalue weighted by Crippen LogP contribution is 2.35. The molecular formula is C11H20O8. The zero-order valence-corrected chi connectivity index (χ0v) is 10.8. The van der Waals surface area contributed by atoms with Crippen molar-refractivity contribution in [2.45, 2.75) is 43.7 Å². The van der Waals surface area contributed by atoms with Crippen LogP contribution >= 0.6 is 0 Å². The Morgan fingerprint density at radius 3 is 2.63 bits per heavy atom. The van der Waals surface area contributed by atoms with Crippen LogP contribution in [0.2, 0.25) is 0 Å². The molecule has 0 aromatic carbocycles. The molecule has 0 saturated carbocycles. The van der Waals surface area contributed by atoms with Crippen LogP contribution in [-0.4, -0.2) is 71.0 Å². The molecule has 1 heterocycles. The zero-order valence-electron chi connectivity index (χ0n) is 10.8. The van der Waals surface area contributed by atoms with Crippen LogP contribution in [0.4, 0.5) is 0 Å². The summed E-state index contributed by atoms with van der Waals surface area (Å²) in [4.78, 5) is 10.5. The van der Waals surface area contributed by atoms with E-state index in [2.05, 4.69) is 0 Å². The SMILES string of the molecule is CO[C@]1(OC=O)C[C@@H](O)[C@@H](C)C([C@H](O)[C@H](O)CO)O1. The van der Waals surface area contributed by atoms with Crippen LogP contribution in [0.5, 0.6) is 0 Å². The van der Waals surface area contributed by atoms with Gasteiger partial charge in [0, 0.05) is 13.0 Å². The van der Waals surface area contributed by atoms with Crippen molar-refractivity contribution in [2.24, 2.45) is 5.92 Å². The van der Waals surface area contributed by atoms with Gasteiger partial charge in [0.15, 0.2) is 0 Å². The van der Waals surface area contributed by atoms with E-state index in [4.69, 9.17) is 19.3 Å². The van der Waals surface area contributed by atoms with Crippen LogP contribution in [-0.2, 0) is 19.0 Å². The highest BCUT2D eigenvalue weighted by atomic mass is 16.9. The van der Waals surface area contributed by atoms with Gasteiger partial charge in [0.1, 0.15) is 12.2 Å². The normalized spacial score (nSPS) is 38.5. The van der Waals surface area contributed by atoms with Gasteiger partial charge in [-0.15, -0.1) is 0 Å². The molecule has 8 nitrogen and oxygen atoms in total. The number of carbonyl (C=O) groups is 1. The molecule has 0 spiro atoms. The van der Waals surface area contributed by atoms with E-state index in [0.29, 0.717) is 0 Å². The van der Waals surface area contributed by atoms with Gasteiger partial charge in [0.05, 0.1) is 25.2 Å². The Hall–Kier alpha value is -0.770. The lowest BCUT2D eigenvalue weighted by Gasteiger charge is -2.45. The van der Waals surface area contributed by atoms with E-state index in [1.165, 1.54) is 7.11 Å². The molecule has 0 bridgehead atoms. The van der Waals surface area contributed by atoms with E-state index in [1.807, 2.05) is 0 Å². The van der Waals surface area contributed by atoms with E-state index in [-0.39, 0.29) is 12.9 Å².